The third-order valence-corrected chi connectivity index (χ3v) is 10.6. The summed E-state index contributed by atoms with van der Waals surface area (Å²) in [7, 11) is 0. The molecule has 256 valence electrons. The maximum atomic E-state index is 5.30. The second kappa shape index (κ2) is 12.6. The van der Waals surface area contributed by atoms with Crippen molar-refractivity contribution in [2.24, 2.45) is 0 Å². The van der Waals surface area contributed by atoms with E-state index < -0.39 is 0 Å². The lowest BCUT2D eigenvalue weighted by atomic mass is 9.94. The summed E-state index contributed by atoms with van der Waals surface area (Å²) in [6, 6.07) is 65.8. The molecule has 0 saturated carbocycles. The SMILES string of the molecule is c1ccc(-c2nc(-c3cccc(-c4cccc(-c5nc6cccc7c6n5-c5ccccc5-c5ccccc5-7)c4)c3)nc(-c3ccc4ccccc4c3)n2)cc1. The Hall–Kier alpha value is -7.50. The highest BCUT2D eigenvalue weighted by Gasteiger charge is 2.25. The molecule has 1 aliphatic heterocycles. The predicted molar refractivity (Wildman–Crippen MR) is 224 cm³/mol. The second-order valence-electron chi connectivity index (χ2n) is 13.9. The molecule has 11 rings (SSSR count). The van der Waals surface area contributed by atoms with Crippen LogP contribution < -0.4 is 0 Å². The number of hydrogen-bond acceptors (Lipinski definition) is 4. The van der Waals surface area contributed by atoms with Gasteiger partial charge in [-0.05, 0) is 63.4 Å². The largest absolute Gasteiger partial charge is 0.291 e. The van der Waals surface area contributed by atoms with Crippen molar-refractivity contribution in [3.8, 4) is 84.6 Å². The van der Waals surface area contributed by atoms with Crippen molar-refractivity contribution in [3.63, 3.8) is 0 Å². The molecule has 0 fully saturated rings. The number of fused-ring (bicyclic) bond motifs is 6. The Kier molecular flexibility index (Phi) is 7.10. The molecule has 5 heteroatoms. The maximum Gasteiger partial charge on any atom is 0.164 e. The van der Waals surface area contributed by atoms with Crippen LogP contribution in [0.5, 0.6) is 0 Å². The molecule has 0 atom stereocenters. The van der Waals surface area contributed by atoms with Crippen LogP contribution in [0.15, 0.2) is 188 Å². The Labute approximate surface area is 317 Å². The molecule has 3 heterocycles. The van der Waals surface area contributed by atoms with Gasteiger partial charge in [0, 0.05) is 33.4 Å². The number of imidazole rings is 1. The number of aromatic nitrogens is 5. The molecule has 0 radical (unpaired) electrons. The summed E-state index contributed by atoms with van der Waals surface area (Å²) in [6.07, 6.45) is 0. The molecular weight excluding hydrogens is 671 g/mol. The van der Waals surface area contributed by atoms with E-state index >= 15 is 0 Å². The fourth-order valence-corrected chi connectivity index (χ4v) is 7.98. The lowest BCUT2D eigenvalue weighted by Gasteiger charge is -2.14. The first-order valence-corrected chi connectivity index (χ1v) is 18.5. The second-order valence-corrected chi connectivity index (χ2v) is 13.9. The van der Waals surface area contributed by atoms with Gasteiger partial charge in [0.1, 0.15) is 5.82 Å². The normalized spacial score (nSPS) is 11.6. The van der Waals surface area contributed by atoms with Crippen molar-refractivity contribution in [2.45, 2.75) is 0 Å². The first kappa shape index (κ1) is 31.1. The van der Waals surface area contributed by atoms with E-state index in [1.807, 2.05) is 30.3 Å². The summed E-state index contributed by atoms with van der Waals surface area (Å²) < 4.78 is 2.35. The van der Waals surface area contributed by atoms with Gasteiger partial charge in [-0.1, -0.05) is 158 Å². The zero-order valence-electron chi connectivity index (χ0n) is 29.6. The van der Waals surface area contributed by atoms with E-state index in [9.17, 15) is 0 Å². The van der Waals surface area contributed by atoms with Gasteiger partial charge in [-0.25, -0.2) is 19.9 Å². The van der Waals surface area contributed by atoms with Crippen molar-refractivity contribution in [1.29, 1.82) is 0 Å². The van der Waals surface area contributed by atoms with Crippen molar-refractivity contribution in [1.82, 2.24) is 24.5 Å². The number of rotatable bonds is 5. The topological polar surface area (TPSA) is 56.5 Å². The van der Waals surface area contributed by atoms with Gasteiger partial charge in [-0.2, -0.15) is 0 Å². The van der Waals surface area contributed by atoms with Crippen LogP contribution in [0.25, 0.3) is 106 Å². The van der Waals surface area contributed by atoms with E-state index in [4.69, 9.17) is 19.9 Å². The van der Waals surface area contributed by atoms with Crippen molar-refractivity contribution < 1.29 is 0 Å². The summed E-state index contributed by atoms with van der Waals surface area (Å²) in [6.45, 7) is 0. The van der Waals surface area contributed by atoms with E-state index in [1.165, 1.54) is 27.6 Å². The number of nitrogens with zero attached hydrogens (tertiary/aromatic N) is 5. The summed E-state index contributed by atoms with van der Waals surface area (Å²) in [5.41, 5.74) is 14.0. The first-order valence-electron chi connectivity index (χ1n) is 18.5. The fraction of sp³-hybridized carbons (Fsp3) is 0. The van der Waals surface area contributed by atoms with Crippen LogP contribution in [-0.4, -0.2) is 24.5 Å². The Morgan fingerprint density at radius 3 is 1.62 bits per heavy atom. The number of benzene rings is 8. The lowest BCUT2D eigenvalue weighted by Crippen LogP contribution is -2.00. The van der Waals surface area contributed by atoms with E-state index in [0.717, 1.165) is 61.3 Å². The molecule has 10 aromatic rings. The zero-order chi connectivity index (χ0) is 36.3. The van der Waals surface area contributed by atoms with Crippen LogP contribution in [0, 0.1) is 0 Å². The molecule has 8 aromatic carbocycles. The fourth-order valence-electron chi connectivity index (χ4n) is 7.98. The molecule has 0 bridgehead atoms. The molecule has 0 N–H and O–H groups in total. The third kappa shape index (κ3) is 5.24. The number of hydrogen-bond donors (Lipinski definition) is 0. The zero-order valence-corrected chi connectivity index (χ0v) is 29.6. The minimum absolute atomic E-state index is 0.624. The Morgan fingerprint density at radius 2 is 0.836 bits per heavy atom. The summed E-state index contributed by atoms with van der Waals surface area (Å²) in [4.78, 5) is 20.4. The molecule has 0 aliphatic carbocycles. The van der Waals surface area contributed by atoms with Gasteiger partial charge in [0.25, 0.3) is 0 Å². The van der Waals surface area contributed by atoms with Crippen LogP contribution >= 0.6 is 0 Å². The monoisotopic (exact) mass is 701 g/mol. The van der Waals surface area contributed by atoms with Gasteiger partial charge >= 0.3 is 0 Å². The van der Waals surface area contributed by atoms with E-state index in [-0.39, 0.29) is 0 Å². The number of para-hydroxylation sites is 2. The molecule has 5 nitrogen and oxygen atoms in total. The Bertz CT molecular complexity index is 3110. The van der Waals surface area contributed by atoms with E-state index in [0.29, 0.717) is 17.5 Å². The van der Waals surface area contributed by atoms with Crippen molar-refractivity contribution in [2.75, 3.05) is 0 Å². The molecular formula is C50H31N5. The van der Waals surface area contributed by atoms with Gasteiger partial charge in [0.05, 0.1) is 16.7 Å². The van der Waals surface area contributed by atoms with Crippen molar-refractivity contribution >= 4 is 21.8 Å². The van der Waals surface area contributed by atoms with Crippen LogP contribution in [0.4, 0.5) is 0 Å². The Morgan fingerprint density at radius 1 is 0.309 bits per heavy atom. The quantitative estimate of drug-likeness (QED) is 0.179. The van der Waals surface area contributed by atoms with Crippen molar-refractivity contribution in [3.05, 3.63) is 188 Å². The average Bonchev–Trinajstić information content (AvgIpc) is 3.61. The molecule has 55 heavy (non-hydrogen) atoms. The Balaban J connectivity index is 1.04. The third-order valence-electron chi connectivity index (χ3n) is 10.6. The summed E-state index contributed by atoms with van der Waals surface area (Å²) in [5.74, 6) is 2.81. The molecule has 0 amide bonds. The van der Waals surface area contributed by atoms with E-state index in [2.05, 4.69) is 162 Å². The molecule has 2 aromatic heterocycles. The van der Waals surface area contributed by atoms with Crippen LogP contribution in [-0.2, 0) is 0 Å². The predicted octanol–water partition coefficient (Wildman–Crippen LogP) is 12.3. The lowest BCUT2D eigenvalue weighted by molar-refractivity contribution is 1.07. The molecule has 0 spiro atoms. The summed E-state index contributed by atoms with van der Waals surface area (Å²) in [5, 5.41) is 2.32. The van der Waals surface area contributed by atoms with E-state index in [1.54, 1.807) is 0 Å². The van der Waals surface area contributed by atoms with Gasteiger partial charge in [0.2, 0.25) is 0 Å². The van der Waals surface area contributed by atoms with Gasteiger partial charge in [-0.15, -0.1) is 0 Å². The van der Waals surface area contributed by atoms with Gasteiger partial charge in [-0.3, -0.25) is 4.57 Å². The minimum Gasteiger partial charge on any atom is -0.291 e. The standard InChI is InChI=1S/C50H31N5/c1-2-14-33(15-3-1)47-52-48(54-49(53-47)38-28-27-32-13-4-5-16-34(32)29-38)37-19-10-17-35(30-37)36-18-11-20-39(31-36)50-51-44-25-12-24-43-41-22-7-6-21-40(41)42-23-8-9-26-45(42)55(50)46(43)44/h1-31H. The van der Waals surface area contributed by atoms with Crippen LogP contribution in [0.1, 0.15) is 0 Å². The summed E-state index contributed by atoms with van der Waals surface area (Å²) >= 11 is 0. The first-order chi connectivity index (χ1) is 27.2. The van der Waals surface area contributed by atoms with Gasteiger partial charge in [0.15, 0.2) is 17.5 Å². The van der Waals surface area contributed by atoms with Crippen LogP contribution in [0.3, 0.4) is 0 Å². The highest BCUT2D eigenvalue weighted by atomic mass is 15.1. The highest BCUT2D eigenvalue weighted by molar-refractivity contribution is 6.03. The molecule has 0 unspecified atom stereocenters. The average molecular weight is 702 g/mol. The van der Waals surface area contributed by atoms with Gasteiger partial charge < -0.3 is 0 Å². The molecule has 0 saturated heterocycles. The minimum atomic E-state index is 0.624. The highest BCUT2D eigenvalue weighted by Crippen LogP contribution is 2.45. The molecule has 1 aliphatic rings. The maximum absolute atomic E-state index is 5.30. The van der Waals surface area contributed by atoms with Crippen LogP contribution in [0.2, 0.25) is 0 Å². The smallest absolute Gasteiger partial charge is 0.164 e.